The second-order valence-corrected chi connectivity index (χ2v) is 8.09. The summed E-state index contributed by atoms with van der Waals surface area (Å²) in [4.78, 5) is 25.6. The van der Waals surface area contributed by atoms with E-state index in [-0.39, 0.29) is 23.0 Å². The zero-order valence-corrected chi connectivity index (χ0v) is 21.2. The first-order valence-electron chi connectivity index (χ1n) is 12.3. The number of hydrogen-bond donors (Lipinski definition) is 0. The standard InChI is InChI=1S/C30H28O8/c1-3-19-33-27-25(37-29(31)35-21-13-7-5-8-14-21)23-17-11-12-18-24(23)26(28(27)34-20-4-2)38-30(32)36-22-15-9-6-10-16-22/h5-18H,3-4,19-20H2,1-2H3. The highest BCUT2D eigenvalue weighted by Crippen LogP contribution is 2.51. The molecule has 8 heteroatoms. The highest BCUT2D eigenvalue weighted by atomic mass is 16.7. The molecule has 4 rings (SSSR count). The molecule has 0 amide bonds. The summed E-state index contributed by atoms with van der Waals surface area (Å²) in [7, 11) is 0. The maximum absolute atomic E-state index is 12.8. The second kappa shape index (κ2) is 13.0. The lowest BCUT2D eigenvalue weighted by Gasteiger charge is -2.21. The van der Waals surface area contributed by atoms with Crippen molar-refractivity contribution < 1.29 is 38.0 Å². The largest absolute Gasteiger partial charge is 0.519 e. The van der Waals surface area contributed by atoms with E-state index in [4.69, 9.17) is 28.4 Å². The fraction of sp³-hybridized carbons (Fsp3) is 0.200. The molecule has 0 atom stereocenters. The molecule has 0 aliphatic rings. The summed E-state index contributed by atoms with van der Waals surface area (Å²) in [6.45, 7) is 4.45. The molecular formula is C30H28O8. The van der Waals surface area contributed by atoms with Crippen LogP contribution in [0.15, 0.2) is 84.9 Å². The monoisotopic (exact) mass is 516 g/mol. The SMILES string of the molecule is CCCOc1c(OCCC)c(OC(=O)Oc2ccccc2)c2ccccc2c1OC(=O)Oc1ccccc1. The highest BCUT2D eigenvalue weighted by Gasteiger charge is 2.28. The van der Waals surface area contributed by atoms with E-state index >= 15 is 0 Å². The quantitative estimate of drug-likeness (QED) is 0.157. The number of carbonyl (C=O) groups excluding carboxylic acids is 2. The third kappa shape index (κ3) is 6.53. The van der Waals surface area contributed by atoms with Crippen LogP contribution in [0.4, 0.5) is 9.59 Å². The molecule has 0 aliphatic heterocycles. The first kappa shape index (κ1) is 26.3. The Morgan fingerprint density at radius 3 is 1.24 bits per heavy atom. The molecule has 0 radical (unpaired) electrons. The van der Waals surface area contributed by atoms with E-state index in [1.165, 1.54) is 0 Å². The number of carbonyl (C=O) groups is 2. The predicted octanol–water partition coefficient (Wildman–Crippen LogP) is 7.57. The molecule has 0 spiro atoms. The van der Waals surface area contributed by atoms with Crippen LogP contribution in [0.3, 0.4) is 0 Å². The molecular weight excluding hydrogens is 488 g/mol. The Morgan fingerprint density at radius 2 is 0.868 bits per heavy atom. The number of para-hydroxylation sites is 2. The van der Waals surface area contributed by atoms with Crippen LogP contribution < -0.4 is 28.4 Å². The fourth-order valence-electron chi connectivity index (χ4n) is 3.58. The first-order valence-corrected chi connectivity index (χ1v) is 12.3. The number of ether oxygens (including phenoxy) is 6. The Morgan fingerprint density at radius 1 is 0.500 bits per heavy atom. The van der Waals surface area contributed by atoms with Crippen molar-refractivity contribution in [2.75, 3.05) is 13.2 Å². The lowest BCUT2D eigenvalue weighted by Crippen LogP contribution is -2.17. The summed E-state index contributed by atoms with van der Waals surface area (Å²) in [6.07, 6.45) is -0.581. The van der Waals surface area contributed by atoms with Crippen molar-refractivity contribution in [3.8, 4) is 34.5 Å². The molecule has 0 saturated heterocycles. The van der Waals surface area contributed by atoms with Gasteiger partial charge in [-0.2, -0.15) is 0 Å². The summed E-state index contributed by atoms with van der Waals surface area (Å²) < 4.78 is 34.1. The third-order valence-electron chi connectivity index (χ3n) is 5.20. The van der Waals surface area contributed by atoms with Crippen LogP contribution in [0.2, 0.25) is 0 Å². The summed E-state index contributed by atoms with van der Waals surface area (Å²) in [5.74, 6) is 1.06. The number of rotatable bonds is 10. The first-order chi connectivity index (χ1) is 18.6. The summed E-state index contributed by atoms with van der Waals surface area (Å²) in [6, 6.07) is 24.1. The van der Waals surface area contributed by atoms with Gasteiger partial charge in [0.05, 0.1) is 13.2 Å². The third-order valence-corrected chi connectivity index (χ3v) is 5.20. The topological polar surface area (TPSA) is 89.5 Å². The van der Waals surface area contributed by atoms with Gasteiger partial charge in [0.1, 0.15) is 11.5 Å². The molecule has 0 fully saturated rings. The maximum atomic E-state index is 12.8. The van der Waals surface area contributed by atoms with Gasteiger partial charge >= 0.3 is 12.3 Å². The Labute approximate surface area is 220 Å². The minimum absolute atomic E-state index is 0.0878. The Balaban J connectivity index is 1.79. The van der Waals surface area contributed by atoms with Crippen LogP contribution in [0.5, 0.6) is 34.5 Å². The number of hydrogen-bond acceptors (Lipinski definition) is 8. The molecule has 38 heavy (non-hydrogen) atoms. The van der Waals surface area contributed by atoms with E-state index < -0.39 is 12.3 Å². The molecule has 0 aromatic heterocycles. The van der Waals surface area contributed by atoms with E-state index in [1.807, 2.05) is 13.8 Å². The van der Waals surface area contributed by atoms with Gasteiger partial charge < -0.3 is 28.4 Å². The summed E-state index contributed by atoms with van der Waals surface area (Å²) in [5, 5.41) is 0.907. The van der Waals surface area contributed by atoms with Gasteiger partial charge in [-0.15, -0.1) is 0 Å². The van der Waals surface area contributed by atoms with E-state index in [1.54, 1.807) is 84.9 Å². The van der Waals surface area contributed by atoms with Gasteiger partial charge in [0, 0.05) is 10.8 Å². The summed E-state index contributed by atoms with van der Waals surface area (Å²) >= 11 is 0. The molecule has 8 nitrogen and oxygen atoms in total. The van der Waals surface area contributed by atoms with Gasteiger partial charge in [-0.3, -0.25) is 0 Å². The van der Waals surface area contributed by atoms with Crippen LogP contribution >= 0.6 is 0 Å². The van der Waals surface area contributed by atoms with Gasteiger partial charge in [-0.1, -0.05) is 74.5 Å². The zero-order chi connectivity index (χ0) is 26.7. The van der Waals surface area contributed by atoms with Crippen LogP contribution in [-0.4, -0.2) is 25.5 Å². The van der Waals surface area contributed by atoms with Gasteiger partial charge in [-0.05, 0) is 37.1 Å². The van der Waals surface area contributed by atoms with Crippen molar-refractivity contribution in [2.45, 2.75) is 26.7 Å². The maximum Gasteiger partial charge on any atom is 0.519 e. The predicted molar refractivity (Wildman–Crippen MR) is 142 cm³/mol. The van der Waals surface area contributed by atoms with Gasteiger partial charge in [-0.25, -0.2) is 9.59 Å². The van der Waals surface area contributed by atoms with E-state index in [0.717, 1.165) is 0 Å². The van der Waals surface area contributed by atoms with E-state index in [2.05, 4.69) is 0 Å². The van der Waals surface area contributed by atoms with Gasteiger partial charge in [0.25, 0.3) is 0 Å². The Hall–Kier alpha value is -4.72. The lowest BCUT2D eigenvalue weighted by molar-refractivity contribution is 0.145. The number of benzene rings is 4. The molecule has 4 aromatic carbocycles. The fourth-order valence-corrected chi connectivity index (χ4v) is 3.58. The van der Waals surface area contributed by atoms with Crippen LogP contribution in [-0.2, 0) is 0 Å². The van der Waals surface area contributed by atoms with Gasteiger partial charge in [0.2, 0.25) is 11.5 Å². The minimum Gasteiger partial charge on any atom is -0.486 e. The van der Waals surface area contributed by atoms with Crippen molar-refractivity contribution in [2.24, 2.45) is 0 Å². The Kier molecular flexibility index (Phi) is 9.02. The Bertz CT molecular complexity index is 1260. The van der Waals surface area contributed by atoms with Crippen LogP contribution in [0.25, 0.3) is 10.8 Å². The van der Waals surface area contributed by atoms with E-state index in [0.29, 0.717) is 48.3 Å². The molecule has 0 saturated carbocycles. The van der Waals surface area contributed by atoms with E-state index in [9.17, 15) is 9.59 Å². The van der Waals surface area contributed by atoms with Crippen molar-refractivity contribution in [1.29, 1.82) is 0 Å². The molecule has 196 valence electrons. The van der Waals surface area contributed by atoms with Crippen molar-refractivity contribution in [1.82, 2.24) is 0 Å². The molecule has 0 bridgehead atoms. The normalized spacial score (nSPS) is 10.5. The average Bonchev–Trinajstić information content (AvgIpc) is 2.93. The van der Waals surface area contributed by atoms with Crippen molar-refractivity contribution in [3.05, 3.63) is 84.9 Å². The second-order valence-electron chi connectivity index (χ2n) is 8.09. The molecule has 0 N–H and O–H groups in total. The average molecular weight is 517 g/mol. The molecule has 4 aromatic rings. The molecule has 0 unspecified atom stereocenters. The summed E-state index contributed by atoms with van der Waals surface area (Å²) in [5.41, 5.74) is 0. The zero-order valence-electron chi connectivity index (χ0n) is 21.2. The number of fused-ring (bicyclic) bond motifs is 1. The smallest absolute Gasteiger partial charge is 0.486 e. The van der Waals surface area contributed by atoms with Crippen molar-refractivity contribution >= 4 is 23.1 Å². The minimum atomic E-state index is -0.957. The lowest BCUT2D eigenvalue weighted by atomic mass is 10.1. The van der Waals surface area contributed by atoms with Crippen molar-refractivity contribution in [3.63, 3.8) is 0 Å². The highest BCUT2D eigenvalue weighted by molar-refractivity contribution is 6.00. The molecule has 0 heterocycles. The van der Waals surface area contributed by atoms with Crippen LogP contribution in [0.1, 0.15) is 26.7 Å². The molecule has 0 aliphatic carbocycles. The van der Waals surface area contributed by atoms with Crippen LogP contribution in [0, 0.1) is 0 Å². The van der Waals surface area contributed by atoms with Gasteiger partial charge in [0.15, 0.2) is 11.5 Å².